The number of carbonyl (C=O) groups is 1. The number of benzene rings is 1. The van der Waals surface area contributed by atoms with Crippen LogP contribution in [0.2, 0.25) is 5.02 Å². The zero-order chi connectivity index (χ0) is 16.9. The molecule has 0 radical (unpaired) electrons. The molecule has 1 aliphatic heterocycles. The van der Waals surface area contributed by atoms with Crippen molar-refractivity contribution in [3.05, 3.63) is 45.5 Å². The van der Waals surface area contributed by atoms with Crippen molar-refractivity contribution in [2.24, 2.45) is 7.05 Å². The predicted molar refractivity (Wildman–Crippen MR) is 91.8 cm³/mol. The first kappa shape index (κ1) is 15.9. The van der Waals surface area contributed by atoms with Crippen molar-refractivity contribution in [3.8, 4) is 0 Å². The topological polar surface area (TPSA) is 56.0 Å². The quantitative estimate of drug-likeness (QED) is 0.918. The largest absolute Gasteiger partial charge is 0.329 e. The number of rotatable bonds is 2. The Bertz CT molecular complexity index is 876. The molecule has 2 aromatic rings. The number of nitrogens with zero attached hydrogens (tertiary/aromatic N) is 2. The minimum Gasteiger partial charge on any atom is -0.329 e. The summed E-state index contributed by atoms with van der Waals surface area (Å²) in [6.07, 6.45) is 1.24. The average molecular weight is 334 g/mol. The van der Waals surface area contributed by atoms with E-state index >= 15 is 0 Å². The first-order chi connectivity index (χ1) is 10.8. The van der Waals surface area contributed by atoms with E-state index in [0.29, 0.717) is 23.6 Å². The summed E-state index contributed by atoms with van der Waals surface area (Å²) in [6, 6.07) is 3.11. The van der Waals surface area contributed by atoms with Crippen LogP contribution in [0.1, 0.15) is 44.2 Å². The SMILES string of the molecule is C=C1CCC(n2c(=O)n(C)c3c(C(C)C)c(Cl)ccc32)C(=O)N1. The minimum atomic E-state index is -0.516. The number of fused-ring (bicyclic) bond motifs is 1. The summed E-state index contributed by atoms with van der Waals surface area (Å²) >= 11 is 6.35. The molecule has 1 amide bonds. The van der Waals surface area contributed by atoms with E-state index < -0.39 is 6.04 Å². The van der Waals surface area contributed by atoms with E-state index in [0.717, 1.165) is 16.6 Å². The van der Waals surface area contributed by atoms with Gasteiger partial charge in [-0.2, -0.15) is 0 Å². The van der Waals surface area contributed by atoms with E-state index in [4.69, 9.17) is 11.6 Å². The van der Waals surface area contributed by atoms with E-state index in [-0.39, 0.29) is 17.5 Å². The molecule has 6 heteroatoms. The van der Waals surface area contributed by atoms with Crippen LogP contribution in [-0.2, 0) is 11.8 Å². The average Bonchev–Trinajstić information content (AvgIpc) is 2.72. The third-order valence-electron chi connectivity index (χ3n) is 4.44. The van der Waals surface area contributed by atoms with E-state index in [1.807, 2.05) is 19.9 Å². The number of aromatic nitrogens is 2. The number of piperidine rings is 1. The molecular weight excluding hydrogens is 314 g/mol. The van der Waals surface area contributed by atoms with Gasteiger partial charge in [-0.1, -0.05) is 32.0 Å². The number of hydrogen-bond donors (Lipinski definition) is 1. The molecule has 1 aliphatic rings. The molecule has 1 aromatic heterocycles. The first-order valence-electron chi connectivity index (χ1n) is 7.71. The molecule has 1 atom stereocenters. The van der Waals surface area contributed by atoms with Gasteiger partial charge in [0, 0.05) is 17.8 Å². The molecule has 1 unspecified atom stereocenters. The molecular formula is C17H20ClN3O2. The summed E-state index contributed by atoms with van der Waals surface area (Å²) in [7, 11) is 1.73. The molecule has 0 bridgehead atoms. The zero-order valence-electron chi connectivity index (χ0n) is 13.5. The fourth-order valence-electron chi connectivity index (χ4n) is 3.34. The molecule has 0 aliphatic carbocycles. The summed E-state index contributed by atoms with van der Waals surface area (Å²) in [5.41, 5.74) is 2.98. The van der Waals surface area contributed by atoms with Crippen molar-refractivity contribution < 1.29 is 4.79 Å². The number of aryl methyl sites for hydroxylation is 1. The summed E-state index contributed by atoms with van der Waals surface area (Å²) in [6.45, 7) is 7.87. The highest BCUT2D eigenvalue weighted by Crippen LogP contribution is 2.33. The smallest absolute Gasteiger partial charge is 0.329 e. The predicted octanol–water partition coefficient (Wildman–Crippen LogP) is 3.08. The van der Waals surface area contributed by atoms with Crippen molar-refractivity contribution in [2.45, 2.75) is 38.6 Å². The Hall–Kier alpha value is -2.01. The van der Waals surface area contributed by atoms with Crippen molar-refractivity contribution >= 4 is 28.5 Å². The summed E-state index contributed by atoms with van der Waals surface area (Å²) in [4.78, 5) is 25.1. The lowest BCUT2D eigenvalue weighted by Gasteiger charge is -2.24. The third-order valence-corrected chi connectivity index (χ3v) is 4.77. The minimum absolute atomic E-state index is 0.174. The number of carbonyl (C=O) groups excluding carboxylic acids is 1. The molecule has 3 rings (SSSR count). The van der Waals surface area contributed by atoms with Gasteiger partial charge in [-0.25, -0.2) is 4.79 Å². The molecule has 122 valence electrons. The van der Waals surface area contributed by atoms with Gasteiger partial charge < -0.3 is 5.32 Å². The van der Waals surface area contributed by atoms with Crippen LogP contribution in [0.4, 0.5) is 0 Å². The van der Waals surface area contributed by atoms with Gasteiger partial charge in [-0.15, -0.1) is 0 Å². The second-order valence-electron chi connectivity index (χ2n) is 6.34. The molecule has 23 heavy (non-hydrogen) atoms. The normalized spacial score (nSPS) is 18.7. The van der Waals surface area contributed by atoms with Gasteiger partial charge in [-0.3, -0.25) is 13.9 Å². The van der Waals surface area contributed by atoms with Crippen LogP contribution >= 0.6 is 11.6 Å². The van der Waals surface area contributed by atoms with Crippen LogP contribution in [0, 0.1) is 0 Å². The lowest BCUT2D eigenvalue weighted by Crippen LogP contribution is -2.40. The first-order valence-corrected chi connectivity index (χ1v) is 8.08. The monoisotopic (exact) mass is 333 g/mol. The Labute approximate surface area is 139 Å². The maximum Gasteiger partial charge on any atom is 0.329 e. The van der Waals surface area contributed by atoms with Crippen LogP contribution < -0.4 is 11.0 Å². The van der Waals surface area contributed by atoms with Gasteiger partial charge in [0.15, 0.2) is 0 Å². The molecule has 0 saturated carbocycles. The van der Waals surface area contributed by atoms with Crippen LogP contribution in [-0.4, -0.2) is 15.0 Å². The zero-order valence-corrected chi connectivity index (χ0v) is 14.3. The fraction of sp³-hybridized carbons (Fsp3) is 0.412. The number of halogens is 1. The van der Waals surface area contributed by atoms with Crippen molar-refractivity contribution in [2.75, 3.05) is 0 Å². The van der Waals surface area contributed by atoms with E-state index in [1.165, 1.54) is 0 Å². The van der Waals surface area contributed by atoms with Gasteiger partial charge in [0.25, 0.3) is 0 Å². The van der Waals surface area contributed by atoms with Gasteiger partial charge in [-0.05, 0) is 36.5 Å². The van der Waals surface area contributed by atoms with Crippen molar-refractivity contribution in [1.29, 1.82) is 0 Å². The standard InChI is InChI=1S/C17H20ClN3O2/c1-9(2)14-11(18)6-8-12-15(14)20(4)17(23)21(12)13-7-5-10(3)19-16(13)22/h6,8-9,13H,3,5,7H2,1-2,4H3,(H,19,22). The highest BCUT2D eigenvalue weighted by Gasteiger charge is 2.30. The Morgan fingerprint density at radius 1 is 1.35 bits per heavy atom. The van der Waals surface area contributed by atoms with Gasteiger partial charge in [0.05, 0.1) is 11.0 Å². The molecule has 0 spiro atoms. The Kier molecular flexibility index (Phi) is 3.84. The number of imidazole rings is 1. The maximum atomic E-state index is 12.8. The van der Waals surface area contributed by atoms with Crippen molar-refractivity contribution in [1.82, 2.24) is 14.5 Å². The summed E-state index contributed by atoms with van der Waals surface area (Å²) in [5.74, 6) is -0.00972. The lowest BCUT2D eigenvalue weighted by molar-refractivity contribution is -0.124. The van der Waals surface area contributed by atoms with Gasteiger partial charge in [0.2, 0.25) is 5.91 Å². The second kappa shape index (κ2) is 5.57. The third kappa shape index (κ3) is 2.39. The summed E-state index contributed by atoms with van der Waals surface area (Å²) in [5, 5.41) is 3.39. The van der Waals surface area contributed by atoms with Gasteiger partial charge in [0.1, 0.15) is 6.04 Å². The van der Waals surface area contributed by atoms with Crippen molar-refractivity contribution in [3.63, 3.8) is 0 Å². The van der Waals surface area contributed by atoms with Crippen LogP contribution in [0.3, 0.4) is 0 Å². The highest BCUT2D eigenvalue weighted by atomic mass is 35.5. The number of amides is 1. The number of nitrogens with one attached hydrogen (secondary N) is 1. The van der Waals surface area contributed by atoms with Crippen LogP contribution in [0.5, 0.6) is 0 Å². The number of allylic oxidation sites excluding steroid dienone is 1. The molecule has 1 fully saturated rings. The highest BCUT2D eigenvalue weighted by molar-refractivity contribution is 6.32. The maximum absolute atomic E-state index is 12.8. The summed E-state index contributed by atoms with van der Waals surface area (Å²) < 4.78 is 3.17. The lowest BCUT2D eigenvalue weighted by atomic mass is 10.0. The van der Waals surface area contributed by atoms with E-state index in [2.05, 4.69) is 11.9 Å². The molecule has 2 heterocycles. The van der Waals surface area contributed by atoms with Crippen LogP contribution in [0.15, 0.2) is 29.2 Å². The second-order valence-corrected chi connectivity index (χ2v) is 6.75. The molecule has 1 N–H and O–H groups in total. The Morgan fingerprint density at radius 3 is 2.65 bits per heavy atom. The molecule has 5 nitrogen and oxygen atoms in total. The fourth-order valence-corrected chi connectivity index (χ4v) is 3.71. The van der Waals surface area contributed by atoms with Gasteiger partial charge >= 0.3 is 5.69 Å². The molecule has 1 saturated heterocycles. The molecule has 1 aromatic carbocycles. The van der Waals surface area contributed by atoms with Crippen LogP contribution in [0.25, 0.3) is 11.0 Å². The van der Waals surface area contributed by atoms with E-state index in [1.54, 1.807) is 22.2 Å². The Morgan fingerprint density at radius 2 is 2.04 bits per heavy atom. The van der Waals surface area contributed by atoms with E-state index in [9.17, 15) is 9.59 Å². The number of hydrogen-bond acceptors (Lipinski definition) is 2. The Balaban J connectivity index is 2.29.